The van der Waals surface area contributed by atoms with E-state index in [0.29, 0.717) is 0 Å². The van der Waals surface area contributed by atoms with E-state index in [1.165, 1.54) is 44.3 Å². The predicted octanol–water partition coefficient (Wildman–Crippen LogP) is -0.353. The van der Waals surface area contributed by atoms with Crippen molar-refractivity contribution in [3.63, 3.8) is 0 Å². The molecule has 1 nitrogen and oxygen atoms in total. The van der Waals surface area contributed by atoms with Gasteiger partial charge in [-0.25, -0.2) is 18.6 Å². The number of hydrogen-bond acceptors (Lipinski definition) is 1. The normalized spacial score (nSPS) is 20.5. The minimum atomic E-state index is 0. The second-order valence-corrected chi connectivity index (χ2v) is 3.77. The van der Waals surface area contributed by atoms with Crippen molar-refractivity contribution in [2.24, 2.45) is 0 Å². The van der Waals surface area contributed by atoms with Gasteiger partial charge in [-0.2, -0.15) is 0 Å². The minimum Gasteiger partial charge on any atom is -0.316 e. The van der Waals surface area contributed by atoms with E-state index in [1.807, 2.05) is 0 Å². The second kappa shape index (κ2) is 7.56. The van der Waals surface area contributed by atoms with Gasteiger partial charge in [0, 0.05) is 0 Å². The fraction of sp³-hybridized carbons (Fsp3) is 0.727. The Morgan fingerprint density at radius 1 is 1.23 bits per heavy atom. The van der Waals surface area contributed by atoms with Crippen molar-refractivity contribution in [1.29, 1.82) is 0 Å². The van der Waals surface area contributed by atoms with E-state index < -0.39 is 0 Å². The molecule has 0 radical (unpaired) electrons. The molecule has 70 valence electrons. The van der Waals surface area contributed by atoms with Gasteiger partial charge < -0.3 is 4.90 Å². The van der Waals surface area contributed by atoms with Crippen molar-refractivity contribution in [3.8, 4) is 0 Å². The van der Waals surface area contributed by atoms with E-state index in [2.05, 4.69) is 24.8 Å². The average Bonchev–Trinajstić information content (AvgIpc) is 2.28. The van der Waals surface area contributed by atoms with Crippen LogP contribution >= 0.6 is 0 Å². The van der Waals surface area contributed by atoms with Gasteiger partial charge in [0.05, 0.1) is 0 Å². The molecule has 13 heavy (non-hydrogen) atoms. The maximum atomic E-state index is 3.88. The van der Waals surface area contributed by atoms with Gasteiger partial charge >= 0.3 is 18.9 Å². The SMILES string of the molecule is [CH2-]C(C)=CCN1CCCCCC1.[Li+]. The molecule has 0 aromatic carbocycles. The molecular weight excluding hydrogens is 153 g/mol. The first-order chi connectivity index (χ1) is 5.79. The molecule has 1 rings (SSSR count). The van der Waals surface area contributed by atoms with Crippen LogP contribution in [0.5, 0.6) is 0 Å². The monoisotopic (exact) mass is 173 g/mol. The van der Waals surface area contributed by atoms with Crippen LogP contribution in [0.3, 0.4) is 0 Å². The molecule has 0 N–H and O–H groups in total. The van der Waals surface area contributed by atoms with Gasteiger partial charge in [-0.1, -0.05) is 19.8 Å². The van der Waals surface area contributed by atoms with Gasteiger partial charge in [0.15, 0.2) is 0 Å². The van der Waals surface area contributed by atoms with Gasteiger partial charge in [0.1, 0.15) is 0 Å². The van der Waals surface area contributed by atoms with E-state index in [0.717, 1.165) is 6.54 Å². The standard InChI is InChI=1S/C11H20N.Li/c1-11(2)7-10-12-8-5-3-4-6-9-12;/h7H,1,3-6,8-10H2,2H3;/q-1;+1. The smallest absolute Gasteiger partial charge is 0.316 e. The van der Waals surface area contributed by atoms with Gasteiger partial charge in [-0.15, -0.1) is 0 Å². The minimum absolute atomic E-state index is 0. The number of nitrogens with zero attached hydrogens (tertiary/aromatic N) is 1. The van der Waals surface area contributed by atoms with Crippen LogP contribution in [-0.2, 0) is 0 Å². The van der Waals surface area contributed by atoms with Gasteiger partial charge in [0.2, 0.25) is 0 Å². The molecule has 0 bridgehead atoms. The Kier molecular flexibility index (Phi) is 7.66. The molecular formula is C11H20LiN. The first kappa shape index (κ1) is 13.2. The van der Waals surface area contributed by atoms with Gasteiger partial charge in [0.25, 0.3) is 0 Å². The molecule has 1 saturated heterocycles. The van der Waals surface area contributed by atoms with Crippen LogP contribution in [0.25, 0.3) is 0 Å². The first-order valence-electron chi connectivity index (χ1n) is 5.00. The van der Waals surface area contributed by atoms with Crippen LogP contribution in [0, 0.1) is 6.92 Å². The Bertz CT molecular complexity index is 142. The summed E-state index contributed by atoms with van der Waals surface area (Å²) in [7, 11) is 0. The Morgan fingerprint density at radius 2 is 1.77 bits per heavy atom. The summed E-state index contributed by atoms with van der Waals surface area (Å²) in [5, 5.41) is 0. The average molecular weight is 173 g/mol. The zero-order valence-electron chi connectivity index (χ0n) is 9.18. The summed E-state index contributed by atoms with van der Waals surface area (Å²) in [5.74, 6) is 0. The molecule has 0 spiro atoms. The fourth-order valence-corrected chi connectivity index (χ4v) is 1.60. The predicted molar refractivity (Wildman–Crippen MR) is 54.0 cm³/mol. The molecule has 0 saturated carbocycles. The van der Waals surface area contributed by atoms with Crippen molar-refractivity contribution in [2.45, 2.75) is 32.6 Å². The summed E-state index contributed by atoms with van der Waals surface area (Å²) in [6, 6.07) is 0. The van der Waals surface area contributed by atoms with Crippen LogP contribution < -0.4 is 18.9 Å². The van der Waals surface area contributed by atoms with Crippen molar-refractivity contribution in [2.75, 3.05) is 19.6 Å². The molecule has 0 aliphatic carbocycles. The van der Waals surface area contributed by atoms with E-state index in [9.17, 15) is 0 Å². The van der Waals surface area contributed by atoms with Gasteiger partial charge in [-0.05, 0) is 32.5 Å². The Morgan fingerprint density at radius 3 is 2.23 bits per heavy atom. The van der Waals surface area contributed by atoms with Crippen molar-refractivity contribution in [1.82, 2.24) is 4.90 Å². The van der Waals surface area contributed by atoms with Crippen LogP contribution in [0.1, 0.15) is 32.6 Å². The van der Waals surface area contributed by atoms with Gasteiger partial charge in [-0.3, -0.25) is 0 Å². The molecule has 0 unspecified atom stereocenters. The van der Waals surface area contributed by atoms with Crippen molar-refractivity contribution >= 4 is 0 Å². The number of rotatable bonds is 2. The Hall–Kier alpha value is 0.167. The summed E-state index contributed by atoms with van der Waals surface area (Å²) in [6.45, 7) is 9.62. The van der Waals surface area contributed by atoms with E-state index in [-0.39, 0.29) is 18.9 Å². The summed E-state index contributed by atoms with van der Waals surface area (Å²) < 4.78 is 0. The van der Waals surface area contributed by atoms with E-state index in [1.54, 1.807) is 0 Å². The summed E-state index contributed by atoms with van der Waals surface area (Å²) >= 11 is 0. The molecule has 1 aliphatic rings. The zero-order valence-corrected chi connectivity index (χ0v) is 9.18. The molecule has 1 aliphatic heterocycles. The van der Waals surface area contributed by atoms with Crippen LogP contribution in [0.2, 0.25) is 0 Å². The largest absolute Gasteiger partial charge is 1.00 e. The molecule has 1 heterocycles. The first-order valence-corrected chi connectivity index (χ1v) is 5.00. The molecule has 0 amide bonds. The number of hydrogen-bond donors (Lipinski definition) is 0. The second-order valence-electron chi connectivity index (χ2n) is 3.77. The summed E-state index contributed by atoms with van der Waals surface area (Å²) in [6.07, 6.45) is 7.83. The number of likely N-dealkylation sites (tertiary alicyclic amines) is 1. The Balaban J connectivity index is 0.00000144. The van der Waals surface area contributed by atoms with Crippen molar-refractivity contribution in [3.05, 3.63) is 18.6 Å². The maximum absolute atomic E-state index is 3.88. The third-order valence-electron chi connectivity index (χ3n) is 2.40. The number of allylic oxidation sites excluding steroid dienone is 1. The Labute approximate surface area is 94.8 Å². The molecule has 0 atom stereocenters. The van der Waals surface area contributed by atoms with Crippen molar-refractivity contribution < 1.29 is 18.9 Å². The van der Waals surface area contributed by atoms with Crippen LogP contribution in [0.4, 0.5) is 0 Å². The maximum Gasteiger partial charge on any atom is 1.00 e. The quantitative estimate of drug-likeness (QED) is 0.407. The topological polar surface area (TPSA) is 3.24 Å². The molecule has 0 aromatic rings. The van der Waals surface area contributed by atoms with Crippen LogP contribution in [0.15, 0.2) is 11.6 Å². The van der Waals surface area contributed by atoms with E-state index >= 15 is 0 Å². The molecule has 2 heteroatoms. The fourth-order valence-electron chi connectivity index (χ4n) is 1.60. The summed E-state index contributed by atoms with van der Waals surface area (Å²) in [4.78, 5) is 2.53. The molecule has 0 aromatic heterocycles. The van der Waals surface area contributed by atoms with E-state index in [4.69, 9.17) is 0 Å². The third kappa shape index (κ3) is 6.27. The summed E-state index contributed by atoms with van der Waals surface area (Å²) in [5.41, 5.74) is 1.19. The third-order valence-corrected chi connectivity index (χ3v) is 2.40. The molecule has 1 fully saturated rings. The zero-order chi connectivity index (χ0) is 8.81. The van der Waals surface area contributed by atoms with Crippen LogP contribution in [-0.4, -0.2) is 24.5 Å².